The van der Waals surface area contributed by atoms with Gasteiger partial charge in [-0.3, -0.25) is 5.43 Å². The average Bonchev–Trinajstić information content (AvgIpc) is 3.00. The molecule has 0 amide bonds. The molecule has 2 rings (SSSR count). The molecule has 0 spiro atoms. The normalized spacial score (nSPS) is 17.9. The molecule has 0 saturated carbocycles. The summed E-state index contributed by atoms with van der Waals surface area (Å²) < 4.78 is 0. The Labute approximate surface area is 118 Å². The molecule has 0 aromatic carbocycles. The Morgan fingerprint density at radius 2 is 1.85 bits per heavy atom. The molecular weight excluding hydrogens is 258 g/mol. The zero-order valence-corrected chi connectivity index (χ0v) is 12.0. The summed E-state index contributed by atoms with van der Waals surface area (Å²) in [6.45, 7) is 5.96. The van der Waals surface area contributed by atoms with E-state index in [1.807, 2.05) is 13.8 Å². The minimum atomic E-state index is 0.0550. The first-order chi connectivity index (χ1) is 9.63. The fraction of sp³-hybridized carbons (Fsp3) is 0.750. The molecule has 8 nitrogen and oxygen atoms in total. The van der Waals surface area contributed by atoms with Crippen molar-refractivity contribution in [3.8, 4) is 0 Å². The Hall–Kier alpha value is -1.67. The molecule has 1 fully saturated rings. The number of anilines is 3. The molecule has 0 radical (unpaired) electrons. The maximum Gasteiger partial charge on any atom is 0.243 e. The van der Waals surface area contributed by atoms with Gasteiger partial charge in [-0.15, -0.1) is 0 Å². The molecule has 2 unspecified atom stereocenters. The molecule has 112 valence electrons. The van der Waals surface area contributed by atoms with Crippen molar-refractivity contribution in [2.75, 3.05) is 35.3 Å². The minimum Gasteiger partial charge on any atom is -0.396 e. The van der Waals surface area contributed by atoms with Gasteiger partial charge in [0, 0.05) is 25.7 Å². The van der Waals surface area contributed by atoms with E-state index in [-0.39, 0.29) is 18.6 Å². The molecule has 2 atom stereocenters. The highest BCUT2D eigenvalue weighted by molar-refractivity contribution is 5.44. The van der Waals surface area contributed by atoms with Gasteiger partial charge in [-0.2, -0.15) is 15.0 Å². The first kappa shape index (κ1) is 14.7. The summed E-state index contributed by atoms with van der Waals surface area (Å²) in [6, 6.07) is 0.0550. The molecule has 0 aliphatic carbocycles. The van der Waals surface area contributed by atoms with Gasteiger partial charge in [-0.25, -0.2) is 5.84 Å². The van der Waals surface area contributed by atoms with Crippen molar-refractivity contribution in [1.82, 2.24) is 15.0 Å². The largest absolute Gasteiger partial charge is 0.396 e. The zero-order valence-electron chi connectivity index (χ0n) is 12.0. The monoisotopic (exact) mass is 281 g/mol. The average molecular weight is 281 g/mol. The fourth-order valence-electron chi connectivity index (χ4n) is 2.06. The second-order valence-electron chi connectivity index (χ2n) is 5.21. The lowest BCUT2D eigenvalue weighted by Crippen LogP contribution is -2.29. The Kier molecular flexibility index (Phi) is 4.91. The summed E-state index contributed by atoms with van der Waals surface area (Å²) in [5.74, 6) is 6.97. The summed E-state index contributed by atoms with van der Waals surface area (Å²) in [4.78, 5) is 15.0. The molecule has 1 aromatic rings. The fourth-order valence-corrected chi connectivity index (χ4v) is 2.06. The standard InChI is InChI=1S/C12H23N7O/c1-8(7-20)9(2)14-10-15-11(18-13)17-12(16-10)19-5-3-4-6-19/h8-9,20H,3-7,13H2,1-2H3,(H2,14,15,16,17,18). The first-order valence-corrected chi connectivity index (χ1v) is 6.99. The van der Waals surface area contributed by atoms with Crippen molar-refractivity contribution in [2.45, 2.75) is 32.7 Å². The highest BCUT2D eigenvalue weighted by atomic mass is 16.3. The third kappa shape index (κ3) is 3.45. The van der Waals surface area contributed by atoms with Crippen LogP contribution in [0.15, 0.2) is 0 Å². The number of hydrogen-bond acceptors (Lipinski definition) is 8. The number of nitrogens with one attached hydrogen (secondary N) is 2. The maximum absolute atomic E-state index is 9.18. The van der Waals surface area contributed by atoms with Gasteiger partial charge in [0.05, 0.1) is 0 Å². The van der Waals surface area contributed by atoms with E-state index in [1.165, 1.54) is 0 Å². The Bertz CT molecular complexity index is 436. The van der Waals surface area contributed by atoms with Gasteiger partial charge in [0.1, 0.15) is 0 Å². The summed E-state index contributed by atoms with van der Waals surface area (Å²) in [7, 11) is 0. The predicted octanol–water partition coefficient (Wildman–Crippen LogP) is 0.186. The van der Waals surface area contributed by atoms with Gasteiger partial charge in [0.2, 0.25) is 17.8 Å². The summed E-state index contributed by atoms with van der Waals surface area (Å²) in [5.41, 5.74) is 2.47. The summed E-state index contributed by atoms with van der Waals surface area (Å²) in [6.07, 6.45) is 2.30. The molecule has 1 aromatic heterocycles. The number of aromatic nitrogens is 3. The number of rotatable bonds is 6. The lowest BCUT2D eigenvalue weighted by atomic mass is 10.1. The highest BCUT2D eigenvalue weighted by Gasteiger charge is 2.18. The van der Waals surface area contributed by atoms with Crippen LogP contribution in [0.2, 0.25) is 0 Å². The van der Waals surface area contributed by atoms with Gasteiger partial charge >= 0.3 is 0 Å². The van der Waals surface area contributed by atoms with E-state index in [9.17, 15) is 5.11 Å². The third-order valence-corrected chi connectivity index (χ3v) is 3.64. The topological polar surface area (TPSA) is 112 Å². The quantitative estimate of drug-likeness (QED) is 0.432. The lowest BCUT2D eigenvalue weighted by Gasteiger charge is -2.21. The molecule has 2 heterocycles. The van der Waals surface area contributed by atoms with Gasteiger partial charge in [-0.05, 0) is 25.7 Å². The van der Waals surface area contributed by atoms with Crippen LogP contribution in [0, 0.1) is 5.92 Å². The van der Waals surface area contributed by atoms with Gasteiger partial charge in [0.15, 0.2) is 0 Å². The summed E-state index contributed by atoms with van der Waals surface area (Å²) in [5, 5.41) is 12.4. The molecule has 5 N–H and O–H groups in total. The van der Waals surface area contributed by atoms with Gasteiger partial charge < -0.3 is 15.3 Å². The van der Waals surface area contributed by atoms with Crippen molar-refractivity contribution in [1.29, 1.82) is 0 Å². The van der Waals surface area contributed by atoms with Gasteiger partial charge in [0.25, 0.3) is 0 Å². The van der Waals surface area contributed by atoms with Crippen LogP contribution in [0.1, 0.15) is 26.7 Å². The number of nitrogens with two attached hydrogens (primary N) is 1. The minimum absolute atomic E-state index is 0.0550. The molecule has 8 heteroatoms. The van der Waals surface area contributed by atoms with Crippen molar-refractivity contribution in [2.24, 2.45) is 11.8 Å². The smallest absolute Gasteiger partial charge is 0.243 e. The number of aliphatic hydroxyl groups is 1. The van der Waals surface area contributed by atoms with E-state index in [1.54, 1.807) is 0 Å². The van der Waals surface area contributed by atoms with Crippen molar-refractivity contribution in [3.63, 3.8) is 0 Å². The maximum atomic E-state index is 9.18. The third-order valence-electron chi connectivity index (χ3n) is 3.64. The molecule has 20 heavy (non-hydrogen) atoms. The molecular formula is C12H23N7O. The van der Waals surface area contributed by atoms with E-state index in [2.05, 4.69) is 30.6 Å². The SMILES string of the molecule is CC(CO)C(C)Nc1nc(NN)nc(N2CCCC2)n1. The number of hydrazine groups is 1. The number of hydrogen-bond donors (Lipinski definition) is 4. The van der Waals surface area contributed by atoms with E-state index in [4.69, 9.17) is 5.84 Å². The van der Waals surface area contributed by atoms with Crippen LogP contribution < -0.4 is 21.5 Å². The van der Waals surface area contributed by atoms with E-state index in [0.29, 0.717) is 17.8 Å². The molecule has 1 aliphatic heterocycles. The van der Waals surface area contributed by atoms with Crippen LogP contribution in [-0.2, 0) is 0 Å². The van der Waals surface area contributed by atoms with Crippen LogP contribution in [0.5, 0.6) is 0 Å². The second kappa shape index (κ2) is 6.67. The molecule has 0 bridgehead atoms. The predicted molar refractivity (Wildman–Crippen MR) is 78.4 cm³/mol. The van der Waals surface area contributed by atoms with Crippen LogP contribution in [0.4, 0.5) is 17.8 Å². The number of nitrogen functional groups attached to an aromatic ring is 1. The molecule has 1 aliphatic rings. The van der Waals surface area contributed by atoms with Crippen molar-refractivity contribution >= 4 is 17.8 Å². The molecule has 1 saturated heterocycles. The van der Waals surface area contributed by atoms with Crippen LogP contribution in [-0.4, -0.2) is 45.8 Å². The van der Waals surface area contributed by atoms with Crippen molar-refractivity contribution in [3.05, 3.63) is 0 Å². The van der Waals surface area contributed by atoms with E-state index < -0.39 is 0 Å². The van der Waals surface area contributed by atoms with E-state index >= 15 is 0 Å². The lowest BCUT2D eigenvalue weighted by molar-refractivity contribution is 0.226. The van der Waals surface area contributed by atoms with Crippen LogP contribution in [0.25, 0.3) is 0 Å². The van der Waals surface area contributed by atoms with Crippen molar-refractivity contribution < 1.29 is 5.11 Å². The number of aliphatic hydroxyl groups excluding tert-OH is 1. The Morgan fingerprint density at radius 3 is 2.45 bits per heavy atom. The summed E-state index contributed by atoms with van der Waals surface area (Å²) >= 11 is 0. The Balaban J connectivity index is 2.17. The first-order valence-electron chi connectivity index (χ1n) is 6.99. The van der Waals surface area contributed by atoms with Gasteiger partial charge in [-0.1, -0.05) is 6.92 Å². The highest BCUT2D eigenvalue weighted by Crippen LogP contribution is 2.19. The second-order valence-corrected chi connectivity index (χ2v) is 5.21. The van der Waals surface area contributed by atoms with E-state index in [0.717, 1.165) is 25.9 Å². The van der Waals surface area contributed by atoms with Crippen LogP contribution in [0.3, 0.4) is 0 Å². The number of nitrogens with zero attached hydrogens (tertiary/aromatic N) is 4. The van der Waals surface area contributed by atoms with Crippen LogP contribution >= 0.6 is 0 Å². The Morgan fingerprint density at radius 1 is 1.20 bits per heavy atom. The zero-order chi connectivity index (χ0) is 14.5.